The smallest absolute Gasteiger partial charge is 0.254 e. The summed E-state index contributed by atoms with van der Waals surface area (Å²) in [6, 6.07) is 3.96. The van der Waals surface area contributed by atoms with Crippen LogP contribution in [0.1, 0.15) is 56.2 Å². The Labute approximate surface area is 186 Å². The molecule has 1 aliphatic heterocycles. The number of hydrogen-bond donors (Lipinski definition) is 3. The van der Waals surface area contributed by atoms with Gasteiger partial charge in [-0.15, -0.1) is 0 Å². The van der Waals surface area contributed by atoms with Gasteiger partial charge in [0, 0.05) is 35.8 Å². The van der Waals surface area contributed by atoms with Gasteiger partial charge in [0.15, 0.2) is 0 Å². The van der Waals surface area contributed by atoms with E-state index >= 15 is 0 Å². The van der Waals surface area contributed by atoms with Gasteiger partial charge in [-0.05, 0) is 68.9 Å². The summed E-state index contributed by atoms with van der Waals surface area (Å²) in [5, 5.41) is 4.54. The van der Waals surface area contributed by atoms with Crippen LogP contribution in [0.5, 0.6) is 0 Å². The molecule has 3 N–H and O–H groups in total. The minimum atomic E-state index is -0.0845. The van der Waals surface area contributed by atoms with Gasteiger partial charge in [-0.3, -0.25) is 14.6 Å². The standard InChI is InChI=1S/C23H31N5O2S/c1-12-4-5-15(20(29)25-23-27-26-21(31-23)14-6-7-14)9-17(12)18-10-16-11-24-13(2)8-19(16)28(3)22(18)30/h8,10-12,14-15,17,21,23,26-27H,4-7,9H2,1-3H3,(H,25,29). The van der Waals surface area contributed by atoms with Crippen LogP contribution in [0.3, 0.4) is 0 Å². The van der Waals surface area contributed by atoms with Gasteiger partial charge in [0.25, 0.3) is 5.56 Å². The van der Waals surface area contributed by atoms with Gasteiger partial charge in [0.05, 0.1) is 10.9 Å². The van der Waals surface area contributed by atoms with Crippen molar-refractivity contribution in [3.63, 3.8) is 0 Å². The van der Waals surface area contributed by atoms with Crippen molar-refractivity contribution in [2.24, 2.45) is 24.8 Å². The molecule has 0 bridgehead atoms. The summed E-state index contributed by atoms with van der Waals surface area (Å²) in [5.74, 6) is 1.19. The normalized spacial score (nSPS) is 31.1. The minimum Gasteiger partial charge on any atom is -0.331 e. The third-order valence-corrected chi connectivity index (χ3v) is 8.51. The first kappa shape index (κ1) is 21.0. The molecular formula is C23H31N5O2S. The number of pyridine rings is 2. The molecule has 166 valence electrons. The van der Waals surface area contributed by atoms with Crippen LogP contribution in [-0.2, 0) is 11.8 Å². The monoisotopic (exact) mass is 441 g/mol. The van der Waals surface area contributed by atoms with E-state index in [4.69, 9.17) is 0 Å². The number of fused-ring (bicyclic) bond motifs is 1. The lowest BCUT2D eigenvalue weighted by molar-refractivity contribution is -0.126. The maximum atomic E-state index is 13.2. The zero-order chi connectivity index (χ0) is 21.7. The average Bonchev–Trinajstić information content (AvgIpc) is 3.51. The lowest BCUT2D eigenvalue weighted by Gasteiger charge is -2.34. The fraction of sp³-hybridized carbons (Fsp3) is 0.609. The quantitative estimate of drug-likeness (QED) is 0.676. The summed E-state index contributed by atoms with van der Waals surface area (Å²) < 4.78 is 1.73. The molecule has 3 heterocycles. The molecule has 2 aromatic rings. The van der Waals surface area contributed by atoms with E-state index < -0.39 is 0 Å². The van der Waals surface area contributed by atoms with Crippen LogP contribution in [0, 0.1) is 24.7 Å². The molecule has 31 heavy (non-hydrogen) atoms. The highest BCUT2D eigenvalue weighted by atomic mass is 32.2. The largest absolute Gasteiger partial charge is 0.331 e. The number of hydrogen-bond acceptors (Lipinski definition) is 6. The first-order valence-corrected chi connectivity index (χ1v) is 12.3. The number of rotatable bonds is 4. The second-order valence-corrected chi connectivity index (χ2v) is 10.8. The molecule has 2 aliphatic carbocycles. The maximum Gasteiger partial charge on any atom is 0.254 e. The third kappa shape index (κ3) is 4.13. The van der Waals surface area contributed by atoms with E-state index in [-0.39, 0.29) is 28.8 Å². The first-order chi connectivity index (χ1) is 14.9. The molecule has 7 nitrogen and oxygen atoms in total. The fourth-order valence-electron chi connectivity index (χ4n) is 5.07. The molecule has 2 saturated carbocycles. The number of aromatic nitrogens is 2. The van der Waals surface area contributed by atoms with E-state index in [9.17, 15) is 9.59 Å². The molecule has 0 spiro atoms. The molecule has 5 rings (SSSR count). The van der Waals surface area contributed by atoms with Crippen LogP contribution in [0.15, 0.2) is 23.1 Å². The van der Waals surface area contributed by atoms with Gasteiger partial charge >= 0.3 is 0 Å². The van der Waals surface area contributed by atoms with Gasteiger partial charge in [-0.1, -0.05) is 18.7 Å². The molecule has 1 amide bonds. The SMILES string of the molecule is Cc1cc2c(cn1)cc(C1CC(C(=O)NC3NNC(C4CC4)S3)CCC1C)c(=O)n2C. The van der Waals surface area contributed by atoms with Crippen molar-refractivity contribution in [3.8, 4) is 0 Å². The molecule has 3 aliphatic rings. The Hall–Kier alpha value is -1.90. The van der Waals surface area contributed by atoms with E-state index in [1.54, 1.807) is 16.3 Å². The number of hydrazine groups is 1. The predicted molar refractivity (Wildman–Crippen MR) is 123 cm³/mol. The third-order valence-electron chi connectivity index (χ3n) is 7.20. The van der Waals surface area contributed by atoms with Gasteiger partial charge < -0.3 is 9.88 Å². The molecule has 8 heteroatoms. The van der Waals surface area contributed by atoms with Crippen molar-refractivity contribution in [1.29, 1.82) is 0 Å². The highest BCUT2D eigenvalue weighted by Crippen LogP contribution is 2.41. The van der Waals surface area contributed by atoms with Crippen LogP contribution in [0.25, 0.3) is 10.9 Å². The Kier molecular flexibility index (Phi) is 5.56. The minimum absolute atomic E-state index is 0.0421. The lowest BCUT2D eigenvalue weighted by Crippen LogP contribution is -2.46. The van der Waals surface area contributed by atoms with Gasteiger partial charge in [-0.25, -0.2) is 10.9 Å². The van der Waals surface area contributed by atoms with Crippen molar-refractivity contribution in [3.05, 3.63) is 39.9 Å². The summed E-state index contributed by atoms with van der Waals surface area (Å²) in [7, 11) is 1.83. The summed E-state index contributed by atoms with van der Waals surface area (Å²) in [5.41, 5.74) is 9.09. The molecule has 0 radical (unpaired) electrons. The fourth-order valence-corrected chi connectivity index (χ4v) is 6.31. The lowest BCUT2D eigenvalue weighted by atomic mass is 9.71. The second kappa shape index (κ2) is 8.22. The Morgan fingerprint density at radius 1 is 1.23 bits per heavy atom. The molecular weight excluding hydrogens is 410 g/mol. The van der Waals surface area contributed by atoms with Crippen LogP contribution in [0.4, 0.5) is 0 Å². The maximum absolute atomic E-state index is 13.2. The number of amides is 1. The van der Waals surface area contributed by atoms with Gasteiger partial charge in [0.1, 0.15) is 5.50 Å². The molecule has 2 aromatic heterocycles. The van der Waals surface area contributed by atoms with Gasteiger partial charge in [0.2, 0.25) is 5.91 Å². The molecule has 5 unspecified atom stereocenters. The topological polar surface area (TPSA) is 88.1 Å². The first-order valence-electron chi connectivity index (χ1n) is 11.3. The zero-order valence-electron chi connectivity index (χ0n) is 18.4. The predicted octanol–water partition coefficient (Wildman–Crippen LogP) is 2.74. The van der Waals surface area contributed by atoms with E-state index in [0.29, 0.717) is 17.7 Å². The molecule has 5 atom stereocenters. The number of nitrogens with one attached hydrogen (secondary N) is 3. The average molecular weight is 442 g/mol. The Balaban J connectivity index is 1.34. The summed E-state index contributed by atoms with van der Waals surface area (Å²) in [6.45, 7) is 4.14. The van der Waals surface area contributed by atoms with Crippen molar-refractivity contribution in [2.45, 2.75) is 62.7 Å². The van der Waals surface area contributed by atoms with Crippen LogP contribution in [0.2, 0.25) is 0 Å². The van der Waals surface area contributed by atoms with Crippen LogP contribution in [-0.4, -0.2) is 26.3 Å². The highest BCUT2D eigenvalue weighted by molar-refractivity contribution is 8.00. The molecule has 3 fully saturated rings. The second-order valence-electron chi connectivity index (χ2n) is 9.51. The number of nitrogens with zero attached hydrogens (tertiary/aromatic N) is 2. The zero-order valence-corrected chi connectivity index (χ0v) is 19.2. The van der Waals surface area contributed by atoms with Crippen LogP contribution >= 0.6 is 11.8 Å². The Morgan fingerprint density at radius 3 is 2.81 bits per heavy atom. The van der Waals surface area contributed by atoms with Crippen LogP contribution < -0.4 is 21.7 Å². The van der Waals surface area contributed by atoms with E-state index in [2.05, 4.69) is 28.1 Å². The summed E-state index contributed by atoms with van der Waals surface area (Å²) in [6.07, 6.45) is 6.91. The number of carbonyl (C=O) groups excluding carboxylic acids is 1. The van der Waals surface area contributed by atoms with E-state index in [0.717, 1.165) is 40.9 Å². The summed E-state index contributed by atoms with van der Waals surface area (Å²) >= 11 is 1.76. The molecule has 0 aromatic carbocycles. The van der Waals surface area contributed by atoms with Gasteiger partial charge in [-0.2, -0.15) is 0 Å². The number of aryl methyl sites for hydroxylation is 2. The number of carbonyl (C=O) groups is 1. The Morgan fingerprint density at radius 2 is 2.03 bits per heavy atom. The highest BCUT2D eigenvalue weighted by Gasteiger charge is 2.39. The molecule has 1 saturated heterocycles. The van der Waals surface area contributed by atoms with E-state index in [1.807, 2.05) is 32.3 Å². The van der Waals surface area contributed by atoms with Crippen molar-refractivity contribution >= 4 is 28.6 Å². The van der Waals surface area contributed by atoms with Crippen molar-refractivity contribution in [2.75, 3.05) is 0 Å². The van der Waals surface area contributed by atoms with Crippen molar-refractivity contribution in [1.82, 2.24) is 25.7 Å². The van der Waals surface area contributed by atoms with E-state index in [1.165, 1.54) is 12.8 Å². The van der Waals surface area contributed by atoms with Crippen molar-refractivity contribution < 1.29 is 4.79 Å². The summed E-state index contributed by atoms with van der Waals surface area (Å²) in [4.78, 5) is 30.7. The number of thioether (sulfide) groups is 1. The Bertz CT molecular complexity index is 1070.